The quantitative estimate of drug-likeness (QED) is 0.886. The van der Waals surface area contributed by atoms with Gasteiger partial charge >= 0.3 is 0 Å². The van der Waals surface area contributed by atoms with Gasteiger partial charge in [0.25, 0.3) is 0 Å². The number of benzene rings is 1. The van der Waals surface area contributed by atoms with Gasteiger partial charge in [-0.25, -0.2) is 4.98 Å². The maximum atomic E-state index is 4.28. The highest BCUT2D eigenvalue weighted by Gasteiger charge is 2.02. The zero-order chi connectivity index (χ0) is 13.0. The van der Waals surface area contributed by atoms with E-state index in [0.717, 1.165) is 12.4 Å². The van der Waals surface area contributed by atoms with Crippen molar-refractivity contribution in [3.8, 4) is 0 Å². The fraction of sp³-hybridized carbons (Fsp3) is 0.267. The third-order valence-electron chi connectivity index (χ3n) is 2.65. The van der Waals surface area contributed by atoms with Gasteiger partial charge in [0.05, 0.1) is 0 Å². The van der Waals surface area contributed by atoms with Crippen LogP contribution in [0, 0.1) is 13.8 Å². The van der Waals surface area contributed by atoms with Crippen molar-refractivity contribution in [3.63, 3.8) is 0 Å². The van der Waals surface area contributed by atoms with Gasteiger partial charge in [-0.1, -0.05) is 29.5 Å². The molecule has 0 aliphatic rings. The van der Waals surface area contributed by atoms with Crippen LogP contribution in [0.1, 0.15) is 18.1 Å². The van der Waals surface area contributed by atoms with Crippen LogP contribution in [-0.4, -0.2) is 11.5 Å². The van der Waals surface area contributed by atoms with Crippen molar-refractivity contribution < 1.29 is 0 Å². The average molecular weight is 258 g/mol. The lowest BCUT2D eigenvalue weighted by Crippen LogP contribution is -1.98. The molecular formula is C15H18N2S. The zero-order valence-corrected chi connectivity index (χ0v) is 11.8. The molecule has 1 aromatic carbocycles. The van der Waals surface area contributed by atoms with Crippen LogP contribution in [0.25, 0.3) is 0 Å². The molecule has 3 heteroatoms. The number of anilines is 1. The predicted molar refractivity (Wildman–Crippen MR) is 78.4 cm³/mol. The molecule has 0 bridgehead atoms. The predicted octanol–water partition coefficient (Wildman–Crippen LogP) is 4.28. The number of aromatic nitrogens is 1. The van der Waals surface area contributed by atoms with Crippen molar-refractivity contribution in [3.05, 3.63) is 47.7 Å². The summed E-state index contributed by atoms with van der Waals surface area (Å²) >= 11 is 1.78. The van der Waals surface area contributed by atoms with Crippen molar-refractivity contribution in [2.75, 3.05) is 11.9 Å². The molecule has 18 heavy (non-hydrogen) atoms. The SMILES string of the molecule is CCNc1cc(Sc2ccc(C)cc2C)ccn1. The van der Waals surface area contributed by atoms with Crippen molar-refractivity contribution >= 4 is 17.6 Å². The number of nitrogens with zero attached hydrogens (tertiary/aromatic N) is 1. The second kappa shape index (κ2) is 5.91. The highest BCUT2D eigenvalue weighted by Crippen LogP contribution is 2.31. The van der Waals surface area contributed by atoms with Crippen LogP contribution >= 0.6 is 11.8 Å². The topological polar surface area (TPSA) is 24.9 Å². The third-order valence-corrected chi connectivity index (χ3v) is 3.82. The number of hydrogen-bond donors (Lipinski definition) is 1. The van der Waals surface area contributed by atoms with Gasteiger partial charge in [-0.3, -0.25) is 0 Å². The second-order valence-corrected chi connectivity index (χ2v) is 5.39. The summed E-state index contributed by atoms with van der Waals surface area (Å²) in [6.07, 6.45) is 1.85. The van der Waals surface area contributed by atoms with Crippen molar-refractivity contribution in [1.82, 2.24) is 4.98 Å². The minimum absolute atomic E-state index is 0.894. The summed E-state index contributed by atoms with van der Waals surface area (Å²) in [6, 6.07) is 10.7. The molecule has 2 nitrogen and oxygen atoms in total. The molecular weight excluding hydrogens is 240 g/mol. The average Bonchev–Trinajstić information content (AvgIpc) is 2.34. The first-order valence-corrected chi connectivity index (χ1v) is 6.95. The van der Waals surface area contributed by atoms with E-state index in [1.165, 1.54) is 20.9 Å². The van der Waals surface area contributed by atoms with Gasteiger partial charge < -0.3 is 5.32 Å². The molecule has 0 amide bonds. The van der Waals surface area contributed by atoms with Gasteiger partial charge in [-0.2, -0.15) is 0 Å². The van der Waals surface area contributed by atoms with Crippen LogP contribution in [0.2, 0.25) is 0 Å². The summed E-state index contributed by atoms with van der Waals surface area (Å²) in [5.41, 5.74) is 2.63. The van der Waals surface area contributed by atoms with E-state index in [2.05, 4.69) is 55.3 Å². The standard InChI is InChI=1S/C15H18N2S/c1-4-16-15-10-13(7-8-17-15)18-14-6-5-11(2)9-12(14)3/h5-10H,4H2,1-3H3,(H,16,17). The van der Waals surface area contributed by atoms with Crippen LogP contribution in [0.15, 0.2) is 46.3 Å². The first kappa shape index (κ1) is 13.0. The minimum atomic E-state index is 0.894. The Hall–Kier alpha value is -1.48. The van der Waals surface area contributed by atoms with Gasteiger partial charge in [0.1, 0.15) is 5.82 Å². The second-order valence-electron chi connectivity index (χ2n) is 4.28. The zero-order valence-electron chi connectivity index (χ0n) is 11.0. The number of aryl methyl sites for hydroxylation is 2. The Kier molecular flexibility index (Phi) is 4.26. The summed E-state index contributed by atoms with van der Waals surface area (Å²) in [7, 11) is 0. The number of rotatable bonds is 4. The Morgan fingerprint density at radius 2 is 2.00 bits per heavy atom. The molecule has 0 unspecified atom stereocenters. The van der Waals surface area contributed by atoms with Crippen molar-refractivity contribution in [2.24, 2.45) is 0 Å². The molecule has 0 aliphatic carbocycles. The molecule has 0 saturated carbocycles. The highest BCUT2D eigenvalue weighted by atomic mass is 32.2. The monoisotopic (exact) mass is 258 g/mol. The Bertz CT molecular complexity index is 538. The molecule has 1 aromatic heterocycles. The molecule has 0 radical (unpaired) electrons. The van der Waals surface area contributed by atoms with Crippen LogP contribution < -0.4 is 5.32 Å². The van der Waals surface area contributed by atoms with Crippen LogP contribution in [-0.2, 0) is 0 Å². The molecule has 2 rings (SSSR count). The fourth-order valence-electron chi connectivity index (χ4n) is 1.79. The molecule has 1 N–H and O–H groups in total. The first-order chi connectivity index (χ1) is 8.69. The van der Waals surface area contributed by atoms with Crippen LogP contribution in [0.4, 0.5) is 5.82 Å². The number of pyridine rings is 1. The van der Waals surface area contributed by atoms with E-state index < -0.39 is 0 Å². The molecule has 0 spiro atoms. The van der Waals surface area contributed by atoms with E-state index in [-0.39, 0.29) is 0 Å². The van der Waals surface area contributed by atoms with E-state index >= 15 is 0 Å². The smallest absolute Gasteiger partial charge is 0.126 e. The lowest BCUT2D eigenvalue weighted by Gasteiger charge is -2.08. The van der Waals surface area contributed by atoms with Gasteiger partial charge in [0.15, 0.2) is 0 Å². The molecule has 0 atom stereocenters. The molecule has 94 valence electrons. The summed E-state index contributed by atoms with van der Waals surface area (Å²) in [5.74, 6) is 0.937. The molecule has 1 heterocycles. The lowest BCUT2D eigenvalue weighted by atomic mass is 10.2. The van der Waals surface area contributed by atoms with Gasteiger partial charge in [-0.15, -0.1) is 0 Å². The maximum Gasteiger partial charge on any atom is 0.126 e. The third kappa shape index (κ3) is 3.26. The van der Waals surface area contributed by atoms with Crippen molar-refractivity contribution in [2.45, 2.75) is 30.6 Å². The van der Waals surface area contributed by atoms with E-state index in [1.807, 2.05) is 12.3 Å². The Labute approximate surface area is 113 Å². The molecule has 0 saturated heterocycles. The summed E-state index contributed by atoms with van der Waals surface area (Å²) in [4.78, 5) is 6.80. The number of nitrogens with one attached hydrogen (secondary N) is 1. The van der Waals surface area contributed by atoms with Crippen LogP contribution in [0.3, 0.4) is 0 Å². The molecule has 2 aromatic rings. The van der Waals surface area contributed by atoms with Crippen LogP contribution in [0.5, 0.6) is 0 Å². The normalized spacial score (nSPS) is 10.4. The molecule has 0 fully saturated rings. The summed E-state index contributed by atoms with van der Waals surface area (Å²) in [5, 5.41) is 3.23. The van der Waals surface area contributed by atoms with Gasteiger partial charge in [-0.05, 0) is 44.5 Å². The summed E-state index contributed by atoms with van der Waals surface area (Å²) in [6.45, 7) is 7.25. The van der Waals surface area contributed by atoms with Crippen molar-refractivity contribution in [1.29, 1.82) is 0 Å². The van der Waals surface area contributed by atoms with E-state index in [4.69, 9.17) is 0 Å². The molecule has 0 aliphatic heterocycles. The van der Waals surface area contributed by atoms with E-state index in [1.54, 1.807) is 11.8 Å². The van der Waals surface area contributed by atoms with Gasteiger partial charge in [0, 0.05) is 22.5 Å². The Morgan fingerprint density at radius 3 is 2.72 bits per heavy atom. The lowest BCUT2D eigenvalue weighted by molar-refractivity contribution is 1.14. The van der Waals surface area contributed by atoms with Gasteiger partial charge in [0.2, 0.25) is 0 Å². The number of hydrogen-bond acceptors (Lipinski definition) is 3. The largest absolute Gasteiger partial charge is 0.370 e. The first-order valence-electron chi connectivity index (χ1n) is 6.14. The minimum Gasteiger partial charge on any atom is -0.370 e. The Balaban J connectivity index is 2.20. The highest BCUT2D eigenvalue weighted by molar-refractivity contribution is 7.99. The Morgan fingerprint density at radius 1 is 1.17 bits per heavy atom. The fourth-order valence-corrected chi connectivity index (χ4v) is 2.70. The summed E-state index contributed by atoms with van der Waals surface area (Å²) < 4.78 is 0. The maximum absolute atomic E-state index is 4.28. The van der Waals surface area contributed by atoms with E-state index in [0.29, 0.717) is 0 Å². The van der Waals surface area contributed by atoms with E-state index in [9.17, 15) is 0 Å².